The lowest BCUT2D eigenvalue weighted by Crippen LogP contribution is -2.66. The van der Waals surface area contributed by atoms with E-state index in [9.17, 15) is 15.0 Å². The minimum absolute atomic E-state index is 0.120. The predicted molar refractivity (Wildman–Crippen MR) is 115 cm³/mol. The van der Waals surface area contributed by atoms with Crippen LogP contribution >= 0.6 is 0 Å². The first-order chi connectivity index (χ1) is 14.9. The zero-order valence-electron chi connectivity index (χ0n) is 17.6. The normalized spacial score (nSPS) is 31.6. The average molecular weight is 415 g/mol. The van der Waals surface area contributed by atoms with Crippen molar-refractivity contribution in [2.24, 2.45) is 5.41 Å². The maximum absolute atomic E-state index is 13.0. The van der Waals surface area contributed by atoms with Crippen molar-refractivity contribution in [2.45, 2.75) is 31.4 Å². The minimum Gasteiger partial charge on any atom is -0.507 e. The Morgan fingerprint density at radius 3 is 2.19 bits per heavy atom. The van der Waals surface area contributed by atoms with E-state index in [0.717, 1.165) is 12.8 Å². The van der Waals surface area contributed by atoms with E-state index in [2.05, 4.69) is 60.5 Å². The number of aliphatic hydroxyl groups is 2. The molecule has 1 fully saturated rings. The van der Waals surface area contributed by atoms with E-state index in [-0.39, 0.29) is 22.8 Å². The largest absolute Gasteiger partial charge is 0.507 e. The highest BCUT2D eigenvalue weighted by molar-refractivity contribution is 5.94. The summed E-state index contributed by atoms with van der Waals surface area (Å²) < 4.78 is 0. The minimum atomic E-state index is -1.18. The van der Waals surface area contributed by atoms with Crippen molar-refractivity contribution < 1.29 is 15.0 Å². The van der Waals surface area contributed by atoms with Gasteiger partial charge < -0.3 is 15.1 Å². The number of rotatable bonds is 1. The van der Waals surface area contributed by atoms with Crippen molar-refractivity contribution in [3.63, 3.8) is 0 Å². The molecule has 2 aliphatic heterocycles. The summed E-state index contributed by atoms with van der Waals surface area (Å²) in [5, 5.41) is 24.9. The Morgan fingerprint density at radius 1 is 1.00 bits per heavy atom. The number of hydrazine groups is 1. The van der Waals surface area contributed by atoms with Gasteiger partial charge in [0.15, 0.2) is 11.5 Å². The van der Waals surface area contributed by atoms with Crippen LogP contribution in [0.25, 0.3) is 0 Å². The fraction of sp³-hybridized carbons (Fsp3) is 0.320. The highest BCUT2D eigenvalue weighted by Crippen LogP contribution is 2.64. The van der Waals surface area contributed by atoms with Crippen molar-refractivity contribution in [2.75, 3.05) is 13.7 Å². The quantitative estimate of drug-likeness (QED) is 0.750. The molecular weight excluding hydrogens is 390 g/mol. The molecule has 6 nitrogen and oxygen atoms in total. The third kappa shape index (κ3) is 2.11. The topological polar surface area (TPSA) is 67.2 Å². The zero-order valence-corrected chi connectivity index (χ0v) is 17.6. The first-order valence-electron chi connectivity index (χ1n) is 10.7. The molecule has 31 heavy (non-hydrogen) atoms. The lowest BCUT2D eigenvalue weighted by molar-refractivity contribution is -0.167. The number of fused-ring (bicyclic) bond motifs is 6. The first-order valence-corrected chi connectivity index (χ1v) is 10.7. The monoisotopic (exact) mass is 415 g/mol. The van der Waals surface area contributed by atoms with E-state index >= 15 is 0 Å². The number of nitrogens with zero attached hydrogens (tertiary/aromatic N) is 3. The van der Waals surface area contributed by atoms with Gasteiger partial charge in [0.1, 0.15) is 6.10 Å². The van der Waals surface area contributed by atoms with Crippen molar-refractivity contribution in [3.05, 3.63) is 94.5 Å². The van der Waals surface area contributed by atoms with Crippen LogP contribution in [0.5, 0.6) is 0 Å². The van der Waals surface area contributed by atoms with Crippen LogP contribution in [0.3, 0.4) is 0 Å². The van der Waals surface area contributed by atoms with Crippen LogP contribution in [-0.2, 0) is 23.2 Å². The maximum atomic E-state index is 13.0. The summed E-state index contributed by atoms with van der Waals surface area (Å²) in [6, 6.07) is 17.1. The molecular formula is C25H25N3O3. The maximum Gasteiger partial charge on any atom is 0.276 e. The van der Waals surface area contributed by atoms with Crippen LogP contribution in [-0.4, -0.2) is 50.9 Å². The summed E-state index contributed by atoms with van der Waals surface area (Å²) in [4.78, 5) is 14.6. The summed E-state index contributed by atoms with van der Waals surface area (Å²) in [5.74, 6) is -0.604. The number of hydrogen-bond donors (Lipinski definition) is 2. The molecule has 2 N–H and O–H groups in total. The van der Waals surface area contributed by atoms with Gasteiger partial charge in [0.2, 0.25) is 0 Å². The van der Waals surface area contributed by atoms with Gasteiger partial charge in [0, 0.05) is 18.7 Å². The zero-order chi connectivity index (χ0) is 21.5. The van der Waals surface area contributed by atoms with Gasteiger partial charge in [0.05, 0.1) is 12.2 Å². The van der Waals surface area contributed by atoms with E-state index in [4.69, 9.17) is 0 Å². The third-order valence-corrected chi connectivity index (χ3v) is 7.55. The van der Waals surface area contributed by atoms with Crippen molar-refractivity contribution in [1.29, 1.82) is 0 Å². The molecule has 1 amide bonds. The van der Waals surface area contributed by atoms with E-state index in [1.165, 1.54) is 28.3 Å². The Kier molecular flexibility index (Phi) is 3.61. The average Bonchev–Trinajstić information content (AvgIpc) is 3.16. The summed E-state index contributed by atoms with van der Waals surface area (Å²) in [7, 11) is 1.74. The molecule has 6 rings (SSSR count). The van der Waals surface area contributed by atoms with Gasteiger partial charge in [-0.2, -0.15) is 5.01 Å². The molecule has 158 valence electrons. The van der Waals surface area contributed by atoms with Gasteiger partial charge >= 0.3 is 0 Å². The second kappa shape index (κ2) is 5.99. The van der Waals surface area contributed by atoms with Crippen LogP contribution in [0, 0.1) is 5.41 Å². The van der Waals surface area contributed by atoms with E-state index in [1.807, 2.05) is 0 Å². The molecule has 0 radical (unpaired) electrons. The van der Waals surface area contributed by atoms with Crippen molar-refractivity contribution in [1.82, 2.24) is 14.9 Å². The Labute approximate surface area is 181 Å². The number of amides is 1. The summed E-state index contributed by atoms with van der Waals surface area (Å²) in [6.07, 6.45) is 3.93. The number of hydrogen-bond acceptors (Lipinski definition) is 5. The van der Waals surface area contributed by atoms with Gasteiger partial charge in [-0.1, -0.05) is 55.5 Å². The molecule has 0 bridgehead atoms. The van der Waals surface area contributed by atoms with Gasteiger partial charge in [-0.05, 0) is 41.2 Å². The number of carbonyl (C=O) groups is 1. The highest BCUT2D eigenvalue weighted by atomic mass is 16.3. The molecule has 2 aromatic carbocycles. The molecule has 2 aromatic rings. The molecule has 1 saturated heterocycles. The third-order valence-electron chi connectivity index (χ3n) is 7.55. The summed E-state index contributed by atoms with van der Waals surface area (Å²) >= 11 is 0. The Morgan fingerprint density at radius 2 is 1.58 bits per heavy atom. The lowest BCUT2D eigenvalue weighted by atomic mass is 9.71. The number of likely N-dealkylation sites (N-methyl/N-ethyl adjacent to an activating group) is 1. The van der Waals surface area contributed by atoms with Crippen LogP contribution in [0.2, 0.25) is 0 Å². The van der Waals surface area contributed by atoms with Gasteiger partial charge in [0.25, 0.3) is 5.91 Å². The fourth-order valence-electron chi connectivity index (χ4n) is 6.38. The molecule has 0 aromatic heterocycles. The van der Waals surface area contributed by atoms with Gasteiger partial charge in [-0.15, -0.1) is 0 Å². The molecule has 1 atom stereocenters. The van der Waals surface area contributed by atoms with E-state index in [0.29, 0.717) is 6.67 Å². The summed E-state index contributed by atoms with van der Waals surface area (Å²) in [5.41, 5.74) is 4.59. The molecule has 6 heteroatoms. The second-order valence-electron chi connectivity index (χ2n) is 9.35. The van der Waals surface area contributed by atoms with E-state index in [1.54, 1.807) is 23.2 Å². The van der Waals surface area contributed by atoms with Gasteiger partial charge in [-0.25, -0.2) is 0 Å². The molecule has 0 saturated carbocycles. The molecule has 0 spiro atoms. The number of aliphatic hydroxyl groups excluding tert-OH is 2. The number of carbonyl (C=O) groups excluding carboxylic acids is 1. The molecule has 2 heterocycles. The van der Waals surface area contributed by atoms with E-state index < -0.39 is 11.6 Å². The van der Waals surface area contributed by atoms with Crippen LogP contribution in [0.1, 0.15) is 29.2 Å². The Bertz CT molecular complexity index is 1130. The highest BCUT2D eigenvalue weighted by Gasteiger charge is 2.65. The molecule has 1 unspecified atom stereocenters. The molecule has 4 aliphatic rings. The SMILES string of the molecule is CN1CN(C23c4ccccc4CC2(C)Cc2ccccc23)N2C=CC(O)C(O)=C2C1=O. The Hall–Kier alpha value is -3.09. The van der Waals surface area contributed by atoms with Crippen LogP contribution in [0.4, 0.5) is 0 Å². The lowest BCUT2D eigenvalue weighted by Gasteiger charge is -2.56. The number of benzene rings is 2. The van der Waals surface area contributed by atoms with Crippen LogP contribution < -0.4 is 0 Å². The fourth-order valence-corrected chi connectivity index (χ4v) is 6.38. The predicted octanol–water partition coefficient (Wildman–Crippen LogP) is 2.66. The van der Waals surface area contributed by atoms with Crippen molar-refractivity contribution in [3.8, 4) is 0 Å². The Balaban J connectivity index is 1.66. The standard InChI is InChI=1S/C25H25N3O3/c1-24-13-16-7-3-5-9-18(16)25(24,19-10-6-4-8-17(19)14-24)28-15-26(2)23(31)21-22(30)20(29)11-12-27(21)28/h3-12,20,29-30H,13-15H2,1-2H3. The molecule has 2 aliphatic carbocycles. The smallest absolute Gasteiger partial charge is 0.276 e. The summed E-state index contributed by atoms with van der Waals surface area (Å²) in [6.45, 7) is 2.70. The van der Waals surface area contributed by atoms with Crippen molar-refractivity contribution >= 4 is 5.91 Å². The van der Waals surface area contributed by atoms with Crippen LogP contribution in [0.15, 0.2) is 72.3 Å². The first kappa shape index (κ1) is 18.7. The van der Waals surface area contributed by atoms with Gasteiger partial charge in [-0.3, -0.25) is 9.80 Å². The second-order valence-corrected chi connectivity index (χ2v) is 9.35.